The Kier molecular flexibility index (Phi) is 5.21. The van der Waals surface area contributed by atoms with Crippen molar-refractivity contribution in [1.82, 2.24) is 10.3 Å². The number of aromatic nitrogens is 1. The molecule has 27 heavy (non-hydrogen) atoms. The van der Waals surface area contributed by atoms with Crippen molar-refractivity contribution in [2.75, 3.05) is 11.9 Å². The molecule has 0 fully saturated rings. The van der Waals surface area contributed by atoms with Crippen LogP contribution in [0.4, 0.5) is 5.69 Å². The summed E-state index contributed by atoms with van der Waals surface area (Å²) in [6.07, 6.45) is 0. The van der Waals surface area contributed by atoms with Crippen LogP contribution < -0.4 is 10.6 Å². The fraction of sp³-hybridized carbons (Fsp3) is 0.227. The van der Waals surface area contributed by atoms with Crippen LogP contribution in [0.5, 0.6) is 0 Å². The highest BCUT2D eigenvalue weighted by molar-refractivity contribution is 6.13. The standard InChI is InChI=1S/C22H23N3O2/c1-5-23-21(26)16-9-7-11-19(15(16)4)25-22(27)18-12-14(3)24-20-13(2)8-6-10-17(18)20/h6-12H,5H2,1-4H3,(H,23,26)(H,25,27). The number of para-hydroxylation sites is 1. The van der Waals surface area contributed by atoms with Crippen molar-refractivity contribution < 1.29 is 9.59 Å². The number of nitrogens with one attached hydrogen (secondary N) is 2. The molecule has 0 aliphatic heterocycles. The molecule has 2 amide bonds. The maximum absolute atomic E-state index is 13.0. The third kappa shape index (κ3) is 3.67. The van der Waals surface area contributed by atoms with Gasteiger partial charge in [0.05, 0.1) is 11.1 Å². The first-order valence-electron chi connectivity index (χ1n) is 8.98. The van der Waals surface area contributed by atoms with Gasteiger partial charge in [0.25, 0.3) is 11.8 Å². The van der Waals surface area contributed by atoms with E-state index in [4.69, 9.17) is 0 Å². The maximum Gasteiger partial charge on any atom is 0.256 e. The first-order chi connectivity index (χ1) is 12.9. The van der Waals surface area contributed by atoms with Crippen molar-refractivity contribution >= 4 is 28.4 Å². The van der Waals surface area contributed by atoms with Gasteiger partial charge in [-0.3, -0.25) is 14.6 Å². The Balaban J connectivity index is 2.00. The largest absolute Gasteiger partial charge is 0.352 e. The average Bonchev–Trinajstić information content (AvgIpc) is 2.63. The number of carbonyl (C=O) groups excluding carboxylic acids is 2. The Hall–Kier alpha value is -3.21. The molecule has 3 rings (SSSR count). The zero-order valence-corrected chi connectivity index (χ0v) is 16.0. The van der Waals surface area contributed by atoms with E-state index >= 15 is 0 Å². The van der Waals surface area contributed by atoms with E-state index in [9.17, 15) is 9.59 Å². The molecule has 0 saturated carbocycles. The number of fused-ring (bicyclic) bond motifs is 1. The molecule has 0 aliphatic rings. The summed E-state index contributed by atoms with van der Waals surface area (Å²) in [5.74, 6) is -0.362. The topological polar surface area (TPSA) is 71.1 Å². The van der Waals surface area contributed by atoms with Crippen molar-refractivity contribution in [3.8, 4) is 0 Å². The lowest BCUT2D eigenvalue weighted by Gasteiger charge is -2.14. The van der Waals surface area contributed by atoms with E-state index in [1.807, 2.05) is 45.9 Å². The fourth-order valence-electron chi connectivity index (χ4n) is 3.17. The quantitative estimate of drug-likeness (QED) is 0.733. The van der Waals surface area contributed by atoms with E-state index in [0.29, 0.717) is 23.4 Å². The van der Waals surface area contributed by atoms with Gasteiger partial charge in [0.15, 0.2) is 0 Å². The van der Waals surface area contributed by atoms with Crippen molar-refractivity contribution in [3.63, 3.8) is 0 Å². The van der Waals surface area contributed by atoms with Gasteiger partial charge in [0.1, 0.15) is 0 Å². The van der Waals surface area contributed by atoms with Crippen LogP contribution in [-0.2, 0) is 0 Å². The predicted molar refractivity (Wildman–Crippen MR) is 108 cm³/mol. The SMILES string of the molecule is CCNC(=O)c1cccc(NC(=O)c2cc(C)nc3c(C)cccc23)c1C. The Morgan fingerprint density at radius 2 is 1.70 bits per heavy atom. The van der Waals surface area contributed by atoms with Crippen LogP contribution in [0.2, 0.25) is 0 Å². The summed E-state index contributed by atoms with van der Waals surface area (Å²) in [5, 5.41) is 6.56. The van der Waals surface area contributed by atoms with Gasteiger partial charge in [0, 0.05) is 28.9 Å². The van der Waals surface area contributed by atoms with Crippen molar-refractivity contribution in [2.24, 2.45) is 0 Å². The van der Waals surface area contributed by atoms with Gasteiger partial charge in [-0.15, -0.1) is 0 Å². The number of pyridine rings is 1. The lowest BCUT2D eigenvalue weighted by atomic mass is 10.0. The van der Waals surface area contributed by atoms with E-state index in [0.717, 1.165) is 27.7 Å². The highest BCUT2D eigenvalue weighted by atomic mass is 16.2. The second-order valence-electron chi connectivity index (χ2n) is 6.57. The minimum absolute atomic E-state index is 0.146. The van der Waals surface area contributed by atoms with Crippen LogP contribution in [0.15, 0.2) is 42.5 Å². The van der Waals surface area contributed by atoms with Gasteiger partial charge in [-0.2, -0.15) is 0 Å². The van der Waals surface area contributed by atoms with Crippen molar-refractivity contribution in [3.05, 3.63) is 70.4 Å². The molecule has 1 aromatic heterocycles. The maximum atomic E-state index is 13.0. The molecule has 0 radical (unpaired) electrons. The molecule has 0 spiro atoms. The third-order valence-corrected chi connectivity index (χ3v) is 4.58. The third-order valence-electron chi connectivity index (χ3n) is 4.58. The first kappa shape index (κ1) is 18.6. The van der Waals surface area contributed by atoms with E-state index in [1.165, 1.54) is 0 Å². The number of amides is 2. The molecule has 3 aromatic rings. The predicted octanol–water partition coefficient (Wildman–Crippen LogP) is 4.16. The summed E-state index contributed by atoms with van der Waals surface area (Å²) in [6, 6.07) is 12.9. The Morgan fingerprint density at radius 3 is 2.44 bits per heavy atom. The Morgan fingerprint density at radius 1 is 0.963 bits per heavy atom. The highest BCUT2D eigenvalue weighted by Gasteiger charge is 2.16. The van der Waals surface area contributed by atoms with E-state index in [2.05, 4.69) is 15.6 Å². The van der Waals surface area contributed by atoms with Gasteiger partial charge in [-0.25, -0.2) is 0 Å². The van der Waals surface area contributed by atoms with Crippen LogP contribution in [-0.4, -0.2) is 23.3 Å². The minimum Gasteiger partial charge on any atom is -0.352 e. The van der Waals surface area contributed by atoms with E-state index in [1.54, 1.807) is 24.3 Å². The molecule has 0 atom stereocenters. The summed E-state index contributed by atoms with van der Waals surface area (Å²) in [7, 11) is 0. The van der Waals surface area contributed by atoms with Gasteiger partial charge >= 0.3 is 0 Å². The second-order valence-corrected chi connectivity index (χ2v) is 6.57. The summed E-state index contributed by atoms with van der Waals surface area (Å²) < 4.78 is 0. The molecular weight excluding hydrogens is 338 g/mol. The normalized spacial score (nSPS) is 10.7. The summed E-state index contributed by atoms with van der Waals surface area (Å²) in [4.78, 5) is 29.8. The fourth-order valence-corrected chi connectivity index (χ4v) is 3.17. The monoisotopic (exact) mass is 361 g/mol. The molecule has 138 valence electrons. The molecule has 1 heterocycles. The highest BCUT2D eigenvalue weighted by Crippen LogP contribution is 2.24. The summed E-state index contributed by atoms with van der Waals surface area (Å²) in [6.45, 7) is 8.12. The number of nitrogens with zero attached hydrogens (tertiary/aromatic N) is 1. The number of hydrogen-bond donors (Lipinski definition) is 2. The molecule has 5 heteroatoms. The molecule has 2 aromatic carbocycles. The number of carbonyl (C=O) groups is 2. The van der Waals surface area contributed by atoms with Gasteiger partial charge < -0.3 is 10.6 Å². The van der Waals surface area contributed by atoms with Crippen LogP contribution in [0.1, 0.15) is 44.5 Å². The van der Waals surface area contributed by atoms with Crippen LogP contribution >= 0.6 is 0 Å². The number of rotatable bonds is 4. The smallest absolute Gasteiger partial charge is 0.256 e. The molecular formula is C22H23N3O2. The second kappa shape index (κ2) is 7.58. The molecule has 0 aliphatic carbocycles. The zero-order chi connectivity index (χ0) is 19.6. The average molecular weight is 361 g/mol. The van der Waals surface area contributed by atoms with Gasteiger partial charge in [-0.05, 0) is 57.0 Å². The lowest BCUT2D eigenvalue weighted by Crippen LogP contribution is -2.24. The number of benzene rings is 2. The van der Waals surface area contributed by atoms with Gasteiger partial charge in [0.2, 0.25) is 0 Å². The van der Waals surface area contributed by atoms with Crippen molar-refractivity contribution in [2.45, 2.75) is 27.7 Å². The van der Waals surface area contributed by atoms with Crippen LogP contribution in [0.25, 0.3) is 10.9 Å². The lowest BCUT2D eigenvalue weighted by molar-refractivity contribution is 0.0953. The summed E-state index contributed by atoms with van der Waals surface area (Å²) >= 11 is 0. The Bertz CT molecular complexity index is 1040. The van der Waals surface area contributed by atoms with Crippen LogP contribution in [0, 0.1) is 20.8 Å². The first-order valence-corrected chi connectivity index (χ1v) is 8.98. The molecule has 0 unspecified atom stereocenters. The summed E-state index contributed by atoms with van der Waals surface area (Å²) in [5.41, 5.74) is 5.14. The van der Waals surface area contributed by atoms with Crippen molar-refractivity contribution in [1.29, 1.82) is 0 Å². The van der Waals surface area contributed by atoms with E-state index in [-0.39, 0.29) is 11.8 Å². The molecule has 2 N–H and O–H groups in total. The van der Waals surface area contributed by atoms with E-state index < -0.39 is 0 Å². The zero-order valence-electron chi connectivity index (χ0n) is 16.0. The van der Waals surface area contributed by atoms with Gasteiger partial charge in [-0.1, -0.05) is 24.3 Å². The number of anilines is 1. The van der Waals surface area contributed by atoms with Crippen LogP contribution in [0.3, 0.4) is 0 Å². The molecule has 5 nitrogen and oxygen atoms in total. The molecule has 0 saturated heterocycles. The number of aryl methyl sites for hydroxylation is 2. The number of hydrogen-bond acceptors (Lipinski definition) is 3. The Labute approximate surface area is 158 Å². The minimum atomic E-state index is -0.216. The molecule has 0 bridgehead atoms.